The van der Waals surface area contributed by atoms with Crippen LogP contribution in [-0.4, -0.2) is 68.5 Å². The third-order valence-corrected chi connectivity index (χ3v) is 14.8. The monoisotopic (exact) mass is 1010 g/mol. The molecule has 9 heteroatoms. The lowest BCUT2D eigenvalue weighted by molar-refractivity contribution is -0.870. The highest BCUT2D eigenvalue weighted by Gasteiger charge is 2.24. The molecule has 8 nitrogen and oxygen atoms in total. The zero-order chi connectivity index (χ0) is 51.3. The van der Waals surface area contributed by atoms with Gasteiger partial charge in [-0.1, -0.05) is 275 Å². The number of nitrogens with one attached hydrogen (secondary N) is 1. The number of allylic oxidation sites excluding steroid dienone is 6. The van der Waals surface area contributed by atoms with Gasteiger partial charge < -0.3 is 28.8 Å². The molecule has 0 aliphatic heterocycles. The lowest BCUT2D eigenvalue weighted by Gasteiger charge is -2.30. The molecule has 0 rings (SSSR count). The number of nitrogens with zero attached hydrogens (tertiary/aromatic N) is 1. The number of hydrogen-bond donors (Lipinski definition) is 2. The van der Waals surface area contributed by atoms with Crippen LogP contribution in [0.15, 0.2) is 36.5 Å². The number of rotatable bonds is 56. The van der Waals surface area contributed by atoms with Gasteiger partial charge in [0.1, 0.15) is 13.2 Å². The number of aliphatic hydroxyl groups excluding tert-OH is 1. The summed E-state index contributed by atoms with van der Waals surface area (Å²) in [5.74, 6) is -0.163. The van der Waals surface area contributed by atoms with E-state index in [0.29, 0.717) is 23.9 Å². The summed E-state index contributed by atoms with van der Waals surface area (Å²) in [5, 5.41) is 14.0. The summed E-state index contributed by atoms with van der Waals surface area (Å²) in [7, 11) is 1.31. The summed E-state index contributed by atoms with van der Waals surface area (Å²) in [6.07, 6.45) is 67.5. The summed E-state index contributed by atoms with van der Waals surface area (Å²) in [6, 6.07) is -0.802. The van der Waals surface area contributed by atoms with Crippen molar-refractivity contribution in [2.45, 2.75) is 309 Å². The molecule has 0 saturated heterocycles. The second kappa shape index (κ2) is 52.6. The Hall–Kier alpha value is -1.28. The highest BCUT2D eigenvalue weighted by Crippen LogP contribution is 2.38. The Kier molecular flexibility index (Phi) is 51.6. The van der Waals surface area contributed by atoms with Crippen LogP contribution in [0.4, 0.5) is 0 Å². The van der Waals surface area contributed by atoms with Crippen LogP contribution in [-0.2, 0) is 18.4 Å². The summed E-state index contributed by atoms with van der Waals surface area (Å²) in [5.41, 5.74) is 0. The van der Waals surface area contributed by atoms with Crippen LogP contribution in [0, 0.1) is 0 Å². The predicted octanol–water partition coefficient (Wildman–Crippen LogP) is 17.9. The largest absolute Gasteiger partial charge is 0.756 e. The van der Waals surface area contributed by atoms with Crippen molar-refractivity contribution in [2.24, 2.45) is 0 Å². The summed E-state index contributed by atoms with van der Waals surface area (Å²) < 4.78 is 23.5. The average molecular weight is 1010 g/mol. The van der Waals surface area contributed by atoms with Gasteiger partial charge in [0.15, 0.2) is 0 Å². The van der Waals surface area contributed by atoms with E-state index in [9.17, 15) is 19.4 Å². The van der Waals surface area contributed by atoms with Crippen LogP contribution >= 0.6 is 7.82 Å². The Balaban J connectivity index is 4.13. The van der Waals surface area contributed by atoms with E-state index in [0.717, 1.165) is 51.4 Å². The summed E-state index contributed by atoms with van der Waals surface area (Å²) in [6.45, 7) is 4.75. The highest BCUT2D eigenvalue weighted by atomic mass is 31.2. The molecule has 0 aromatic heterocycles. The summed E-state index contributed by atoms with van der Waals surface area (Å²) in [4.78, 5) is 25.6. The SMILES string of the molecule is CCCCCCC/C=C\C/C=C\C/C=C\CCCCCCCCCCCCCCC(=O)NC(COP(=O)([O-])OCC[N+](C)(C)C)C(O)CCCCCCCCCCCCCCCCCCCCCCC. The van der Waals surface area contributed by atoms with Crippen molar-refractivity contribution in [3.8, 4) is 0 Å². The predicted molar refractivity (Wildman–Crippen MR) is 302 cm³/mol. The summed E-state index contributed by atoms with van der Waals surface area (Å²) >= 11 is 0. The number of hydrogen-bond acceptors (Lipinski definition) is 6. The van der Waals surface area contributed by atoms with Crippen LogP contribution in [0.2, 0.25) is 0 Å². The van der Waals surface area contributed by atoms with Crippen molar-refractivity contribution < 1.29 is 32.9 Å². The third kappa shape index (κ3) is 54.5. The van der Waals surface area contributed by atoms with E-state index < -0.39 is 20.0 Å². The van der Waals surface area contributed by atoms with E-state index in [1.165, 1.54) is 218 Å². The normalized spacial score (nSPS) is 14.1. The first-order chi connectivity index (χ1) is 34.0. The number of aliphatic hydroxyl groups is 1. The van der Waals surface area contributed by atoms with Crippen LogP contribution in [0.1, 0.15) is 296 Å². The molecule has 70 heavy (non-hydrogen) atoms. The van der Waals surface area contributed by atoms with E-state index in [4.69, 9.17) is 9.05 Å². The van der Waals surface area contributed by atoms with Crippen molar-refractivity contribution in [1.29, 1.82) is 0 Å². The molecule has 0 aliphatic carbocycles. The molecule has 3 atom stereocenters. The maximum absolute atomic E-state index is 13.0. The van der Waals surface area contributed by atoms with E-state index in [1.807, 2.05) is 21.1 Å². The molecule has 0 bridgehead atoms. The molecule has 0 aromatic rings. The van der Waals surface area contributed by atoms with Crippen molar-refractivity contribution >= 4 is 13.7 Å². The first-order valence-corrected chi connectivity index (χ1v) is 31.8. The van der Waals surface area contributed by atoms with Gasteiger partial charge in [-0.25, -0.2) is 0 Å². The van der Waals surface area contributed by atoms with Crippen molar-refractivity contribution in [3.63, 3.8) is 0 Å². The van der Waals surface area contributed by atoms with Gasteiger partial charge >= 0.3 is 0 Å². The second-order valence-electron chi connectivity index (χ2n) is 22.1. The molecule has 0 fully saturated rings. The van der Waals surface area contributed by atoms with Gasteiger partial charge in [-0.05, 0) is 51.4 Å². The molecular weight excluding hydrogens is 888 g/mol. The van der Waals surface area contributed by atoms with Gasteiger partial charge in [0.25, 0.3) is 7.82 Å². The minimum Gasteiger partial charge on any atom is -0.756 e. The molecule has 0 heterocycles. The fourth-order valence-electron chi connectivity index (χ4n) is 9.11. The molecule has 0 saturated carbocycles. The fraction of sp³-hybridized carbons (Fsp3) is 0.885. The topological polar surface area (TPSA) is 108 Å². The first-order valence-electron chi connectivity index (χ1n) is 30.3. The molecule has 3 unspecified atom stereocenters. The number of amides is 1. The Labute approximate surface area is 436 Å². The van der Waals surface area contributed by atoms with E-state index in [1.54, 1.807) is 0 Å². The Bertz CT molecular complexity index is 1230. The van der Waals surface area contributed by atoms with Gasteiger partial charge in [-0.15, -0.1) is 0 Å². The van der Waals surface area contributed by atoms with Gasteiger partial charge in [-0.3, -0.25) is 9.36 Å². The van der Waals surface area contributed by atoms with Gasteiger partial charge in [0.05, 0.1) is 39.9 Å². The number of phosphoric ester groups is 1. The first kappa shape index (κ1) is 68.7. The van der Waals surface area contributed by atoms with Gasteiger partial charge in [-0.2, -0.15) is 0 Å². The molecule has 0 aromatic carbocycles. The molecular formula is C61H119N2O6P. The number of unbranched alkanes of at least 4 members (excludes halogenated alkanes) is 37. The van der Waals surface area contributed by atoms with Gasteiger partial charge in [0.2, 0.25) is 5.91 Å². The number of quaternary nitrogens is 1. The lowest BCUT2D eigenvalue weighted by atomic mass is 10.0. The minimum absolute atomic E-state index is 0.0124. The Morgan fingerprint density at radius 1 is 0.500 bits per heavy atom. The molecule has 0 spiro atoms. The smallest absolute Gasteiger partial charge is 0.268 e. The zero-order valence-corrected chi connectivity index (χ0v) is 48.1. The third-order valence-electron chi connectivity index (χ3n) is 13.9. The van der Waals surface area contributed by atoms with E-state index >= 15 is 0 Å². The molecule has 0 aliphatic rings. The number of likely N-dealkylation sites (N-methyl/N-ethyl adjacent to an activating group) is 1. The zero-order valence-electron chi connectivity index (χ0n) is 47.2. The fourth-order valence-corrected chi connectivity index (χ4v) is 9.83. The second-order valence-corrected chi connectivity index (χ2v) is 23.5. The van der Waals surface area contributed by atoms with Crippen molar-refractivity contribution in [3.05, 3.63) is 36.5 Å². The Morgan fingerprint density at radius 3 is 1.20 bits per heavy atom. The number of carbonyl (C=O) groups excluding carboxylic acids is 1. The van der Waals surface area contributed by atoms with E-state index in [-0.39, 0.29) is 19.1 Å². The molecule has 0 radical (unpaired) electrons. The van der Waals surface area contributed by atoms with E-state index in [2.05, 4.69) is 55.6 Å². The highest BCUT2D eigenvalue weighted by molar-refractivity contribution is 7.45. The molecule has 2 N–H and O–H groups in total. The standard InChI is InChI=1S/C61H119N2O6P/c1-6-8-10-12-14-16-18-20-22-24-26-28-29-30-31-32-33-35-37-39-41-43-45-47-49-51-53-55-61(65)62-59(58-69-70(66,67)68-57-56-63(3,4)5)60(64)54-52-50-48-46-44-42-40-38-36-34-27-25-23-21-19-17-15-13-11-9-7-2/h18,20,24,26,29-30,59-60,64H,6-17,19,21-23,25,27-28,31-58H2,1-5H3,(H-,62,65,66,67)/b20-18-,26-24-,30-29-. The maximum Gasteiger partial charge on any atom is 0.268 e. The molecule has 414 valence electrons. The minimum atomic E-state index is -4.58. The van der Waals surface area contributed by atoms with Gasteiger partial charge in [0, 0.05) is 6.42 Å². The number of carbonyl (C=O) groups is 1. The van der Waals surface area contributed by atoms with Crippen LogP contribution in [0.25, 0.3) is 0 Å². The quantitative estimate of drug-likeness (QED) is 0.0272. The molecule has 1 amide bonds. The Morgan fingerprint density at radius 2 is 0.829 bits per heavy atom. The van der Waals surface area contributed by atoms with Crippen LogP contribution < -0.4 is 10.2 Å². The average Bonchev–Trinajstić information content (AvgIpc) is 3.32. The van der Waals surface area contributed by atoms with Crippen molar-refractivity contribution in [1.82, 2.24) is 5.32 Å². The van der Waals surface area contributed by atoms with Crippen LogP contribution in [0.5, 0.6) is 0 Å². The van der Waals surface area contributed by atoms with Crippen LogP contribution in [0.3, 0.4) is 0 Å². The van der Waals surface area contributed by atoms with Crippen molar-refractivity contribution in [2.75, 3.05) is 40.9 Å². The maximum atomic E-state index is 13.0. The lowest BCUT2D eigenvalue weighted by Crippen LogP contribution is -2.46. The number of phosphoric acid groups is 1.